The van der Waals surface area contributed by atoms with Crippen LogP contribution in [0.4, 0.5) is 5.69 Å². The highest BCUT2D eigenvalue weighted by Gasteiger charge is 2.16. The first kappa shape index (κ1) is 20.6. The third-order valence-electron chi connectivity index (χ3n) is 2.86. The van der Waals surface area contributed by atoms with E-state index in [9.17, 15) is 4.79 Å². The van der Waals surface area contributed by atoms with Gasteiger partial charge in [0.2, 0.25) is 0 Å². The van der Waals surface area contributed by atoms with Gasteiger partial charge in [-0.15, -0.1) is 0 Å². The van der Waals surface area contributed by atoms with Crippen molar-refractivity contribution in [2.24, 2.45) is 4.99 Å². The quantitative estimate of drug-likeness (QED) is 0.447. The topological polar surface area (TPSA) is 81.2 Å². The minimum atomic E-state index is -0.527. The predicted octanol–water partition coefficient (Wildman–Crippen LogP) is 2.81. The van der Waals surface area contributed by atoms with Crippen LogP contribution in [-0.2, 0) is 9.53 Å². The molecule has 0 saturated heterocycles. The van der Waals surface area contributed by atoms with Gasteiger partial charge >= 0.3 is 5.97 Å². The van der Waals surface area contributed by atoms with Crippen LogP contribution in [0, 0.1) is 0 Å². The van der Waals surface area contributed by atoms with Crippen molar-refractivity contribution in [3.63, 3.8) is 0 Å². The average Bonchev–Trinajstić information content (AvgIpc) is 2.52. The van der Waals surface area contributed by atoms with Crippen molar-refractivity contribution in [3.05, 3.63) is 18.2 Å². The summed E-state index contributed by atoms with van der Waals surface area (Å²) in [5.74, 6) is 1.40. The van der Waals surface area contributed by atoms with Crippen molar-refractivity contribution >= 4 is 17.6 Å². The molecule has 0 unspecified atom stereocenters. The fourth-order valence-corrected chi connectivity index (χ4v) is 1.98. The van der Waals surface area contributed by atoms with Crippen molar-refractivity contribution in [2.75, 3.05) is 32.1 Å². The third-order valence-corrected chi connectivity index (χ3v) is 2.86. The second-order valence-electron chi connectivity index (χ2n) is 6.21. The molecule has 140 valence electrons. The second kappa shape index (κ2) is 9.76. The summed E-state index contributed by atoms with van der Waals surface area (Å²) < 4.78 is 16.1. The van der Waals surface area contributed by atoms with Crippen molar-refractivity contribution in [2.45, 2.75) is 40.2 Å². The Bertz CT molecular complexity index is 594. The van der Waals surface area contributed by atoms with E-state index in [-0.39, 0.29) is 12.5 Å². The fraction of sp³-hybridized carbons (Fsp3) is 0.556. The van der Waals surface area contributed by atoms with Crippen LogP contribution < -0.4 is 20.1 Å². The Labute approximate surface area is 149 Å². The minimum Gasteiger partial charge on any atom is -0.493 e. The van der Waals surface area contributed by atoms with E-state index in [2.05, 4.69) is 15.6 Å². The molecule has 0 saturated carbocycles. The standard InChI is InChI=1S/C18H29N3O4/c1-7-19-17(20-12-16(22)25-18(3,4)5)21-13-9-10-14(23-6)15(11-13)24-8-2/h9-11H,7-8,12H2,1-6H3,(H2,19,20,21). The summed E-state index contributed by atoms with van der Waals surface area (Å²) >= 11 is 0. The van der Waals surface area contributed by atoms with Crippen LogP contribution in [0.25, 0.3) is 0 Å². The van der Waals surface area contributed by atoms with Crippen LogP contribution in [0.3, 0.4) is 0 Å². The molecular weight excluding hydrogens is 322 g/mol. The van der Waals surface area contributed by atoms with E-state index in [1.165, 1.54) is 0 Å². The highest BCUT2D eigenvalue weighted by molar-refractivity contribution is 5.95. The molecule has 0 spiro atoms. The maximum absolute atomic E-state index is 11.8. The SMILES string of the molecule is CCNC(=NCC(=O)OC(C)(C)C)Nc1ccc(OC)c(OCC)c1. The zero-order chi connectivity index (χ0) is 18.9. The molecule has 7 nitrogen and oxygen atoms in total. The number of hydrogen-bond acceptors (Lipinski definition) is 5. The first-order valence-corrected chi connectivity index (χ1v) is 8.37. The lowest BCUT2D eigenvalue weighted by atomic mass is 10.2. The van der Waals surface area contributed by atoms with Crippen molar-refractivity contribution in [1.29, 1.82) is 0 Å². The molecule has 0 bridgehead atoms. The number of carbonyl (C=O) groups excluding carboxylic acids is 1. The molecule has 0 atom stereocenters. The molecule has 25 heavy (non-hydrogen) atoms. The van der Waals surface area contributed by atoms with Crippen molar-refractivity contribution in [3.8, 4) is 11.5 Å². The van der Waals surface area contributed by atoms with Crippen LogP contribution >= 0.6 is 0 Å². The highest BCUT2D eigenvalue weighted by atomic mass is 16.6. The van der Waals surface area contributed by atoms with Gasteiger partial charge in [0.05, 0.1) is 13.7 Å². The zero-order valence-electron chi connectivity index (χ0n) is 15.9. The van der Waals surface area contributed by atoms with E-state index in [0.717, 1.165) is 5.69 Å². The van der Waals surface area contributed by atoms with E-state index >= 15 is 0 Å². The Kier molecular flexibility index (Phi) is 8.04. The summed E-state index contributed by atoms with van der Waals surface area (Å²) in [6.45, 7) is 10.5. The summed E-state index contributed by atoms with van der Waals surface area (Å²) in [4.78, 5) is 16.1. The number of anilines is 1. The smallest absolute Gasteiger partial charge is 0.328 e. The lowest BCUT2D eigenvalue weighted by molar-refractivity contribution is -0.152. The largest absolute Gasteiger partial charge is 0.493 e. The predicted molar refractivity (Wildman–Crippen MR) is 99.6 cm³/mol. The lowest BCUT2D eigenvalue weighted by Crippen LogP contribution is -2.32. The molecule has 1 aromatic carbocycles. The van der Waals surface area contributed by atoms with E-state index in [1.54, 1.807) is 7.11 Å². The molecule has 0 heterocycles. The fourth-order valence-electron chi connectivity index (χ4n) is 1.98. The minimum absolute atomic E-state index is 0.0684. The van der Waals surface area contributed by atoms with E-state index < -0.39 is 5.60 Å². The van der Waals surface area contributed by atoms with Crippen LogP contribution in [0.2, 0.25) is 0 Å². The summed E-state index contributed by atoms with van der Waals surface area (Å²) in [5, 5.41) is 6.23. The van der Waals surface area contributed by atoms with E-state index in [1.807, 2.05) is 52.8 Å². The van der Waals surface area contributed by atoms with Gasteiger partial charge in [-0.1, -0.05) is 0 Å². The van der Waals surface area contributed by atoms with Crippen LogP contribution in [0.1, 0.15) is 34.6 Å². The molecule has 1 rings (SSSR count). The summed E-state index contributed by atoms with van der Waals surface area (Å²) in [7, 11) is 1.59. The number of rotatable bonds is 7. The average molecular weight is 351 g/mol. The summed E-state index contributed by atoms with van der Waals surface area (Å²) in [6, 6.07) is 5.48. The maximum Gasteiger partial charge on any atom is 0.328 e. The molecule has 0 fully saturated rings. The van der Waals surface area contributed by atoms with Crippen LogP contribution in [0.5, 0.6) is 11.5 Å². The molecule has 0 aromatic heterocycles. The van der Waals surface area contributed by atoms with Gasteiger partial charge in [0, 0.05) is 18.3 Å². The first-order valence-electron chi connectivity index (χ1n) is 8.37. The number of hydrogen-bond donors (Lipinski definition) is 2. The van der Waals surface area contributed by atoms with Gasteiger partial charge < -0.3 is 24.8 Å². The van der Waals surface area contributed by atoms with Gasteiger partial charge in [-0.05, 0) is 46.8 Å². The van der Waals surface area contributed by atoms with Crippen LogP contribution in [-0.4, -0.2) is 44.3 Å². The van der Waals surface area contributed by atoms with Crippen molar-refractivity contribution in [1.82, 2.24) is 5.32 Å². The number of aliphatic imine (C=N–C) groups is 1. The number of ether oxygens (including phenoxy) is 3. The second-order valence-corrected chi connectivity index (χ2v) is 6.21. The third kappa shape index (κ3) is 7.78. The van der Waals surface area contributed by atoms with E-state index in [4.69, 9.17) is 14.2 Å². The summed E-state index contributed by atoms with van der Waals surface area (Å²) in [6.07, 6.45) is 0. The number of esters is 1. The molecule has 0 aliphatic heterocycles. The Balaban J connectivity index is 2.85. The monoisotopic (exact) mass is 351 g/mol. The molecule has 0 aliphatic rings. The zero-order valence-corrected chi connectivity index (χ0v) is 15.9. The number of nitrogens with zero attached hydrogens (tertiary/aromatic N) is 1. The van der Waals surface area contributed by atoms with Crippen molar-refractivity contribution < 1.29 is 19.0 Å². The number of guanidine groups is 1. The summed E-state index contributed by atoms with van der Waals surface area (Å²) in [5.41, 5.74) is 0.244. The Morgan fingerprint density at radius 1 is 1.20 bits per heavy atom. The Hall–Kier alpha value is -2.44. The molecule has 1 aromatic rings. The Morgan fingerprint density at radius 3 is 2.48 bits per heavy atom. The normalized spacial score (nSPS) is 11.7. The van der Waals surface area contributed by atoms with Gasteiger partial charge in [-0.2, -0.15) is 0 Å². The molecule has 0 radical (unpaired) electrons. The van der Waals surface area contributed by atoms with Gasteiger partial charge in [0.25, 0.3) is 0 Å². The number of benzene rings is 1. The molecule has 0 amide bonds. The Morgan fingerprint density at radius 2 is 1.92 bits per heavy atom. The first-order chi connectivity index (χ1) is 11.8. The number of nitrogens with one attached hydrogen (secondary N) is 2. The number of methoxy groups -OCH3 is 1. The molecule has 0 aliphatic carbocycles. The molecule has 7 heteroatoms. The van der Waals surface area contributed by atoms with Crippen LogP contribution in [0.15, 0.2) is 23.2 Å². The van der Waals surface area contributed by atoms with Gasteiger partial charge in [-0.25, -0.2) is 4.99 Å². The maximum atomic E-state index is 11.8. The van der Waals surface area contributed by atoms with E-state index in [0.29, 0.717) is 30.6 Å². The highest BCUT2D eigenvalue weighted by Crippen LogP contribution is 2.30. The number of carbonyl (C=O) groups is 1. The van der Waals surface area contributed by atoms with Gasteiger partial charge in [0.1, 0.15) is 12.1 Å². The molecule has 2 N–H and O–H groups in total. The lowest BCUT2D eigenvalue weighted by Gasteiger charge is -2.19. The van der Waals surface area contributed by atoms with Gasteiger partial charge in [-0.3, -0.25) is 4.79 Å². The van der Waals surface area contributed by atoms with Gasteiger partial charge in [0.15, 0.2) is 17.5 Å². The molecular formula is C18H29N3O4.